The Hall–Kier alpha value is -1.85. The number of hydrogen-bond donors (Lipinski definition) is 0. The van der Waals surface area contributed by atoms with E-state index in [4.69, 9.17) is 4.74 Å². The zero-order valence-corrected chi connectivity index (χ0v) is 13.0. The first kappa shape index (κ1) is 14.1. The highest BCUT2D eigenvalue weighted by Crippen LogP contribution is 2.36. The molecule has 0 saturated heterocycles. The molecule has 0 saturated carbocycles. The van der Waals surface area contributed by atoms with E-state index in [9.17, 15) is 4.79 Å². The van der Waals surface area contributed by atoms with E-state index in [2.05, 4.69) is 17.1 Å². The number of ether oxygens (including phenoxy) is 1. The lowest BCUT2D eigenvalue weighted by molar-refractivity contribution is 0.0532. The summed E-state index contributed by atoms with van der Waals surface area (Å²) in [4.78, 5) is 18.9. The first-order chi connectivity index (χ1) is 10.3. The number of fused-ring (bicyclic) bond motifs is 1. The topological polar surface area (TPSA) is 39.2 Å². The third kappa shape index (κ3) is 3.09. The van der Waals surface area contributed by atoms with E-state index in [1.54, 1.807) is 18.0 Å². The van der Waals surface area contributed by atoms with Crippen molar-refractivity contribution in [1.82, 2.24) is 4.98 Å². The van der Waals surface area contributed by atoms with Gasteiger partial charge in [0.1, 0.15) is 4.88 Å². The van der Waals surface area contributed by atoms with E-state index in [1.165, 1.54) is 11.3 Å². The molecule has 0 unspecified atom stereocenters. The second kappa shape index (κ2) is 6.28. The fourth-order valence-electron chi connectivity index (χ4n) is 1.94. The maximum absolute atomic E-state index is 11.8. The number of rotatable bonds is 4. The van der Waals surface area contributed by atoms with Crippen LogP contribution < -0.4 is 0 Å². The Bertz CT molecular complexity index is 768. The zero-order valence-electron chi connectivity index (χ0n) is 11.4. The van der Waals surface area contributed by atoms with E-state index in [0.29, 0.717) is 11.5 Å². The molecule has 21 heavy (non-hydrogen) atoms. The lowest BCUT2D eigenvalue weighted by Gasteiger charge is -2.02. The molecule has 3 rings (SSSR count). The van der Waals surface area contributed by atoms with Crippen LogP contribution in [0.3, 0.4) is 0 Å². The minimum Gasteiger partial charge on any atom is -0.462 e. The summed E-state index contributed by atoms with van der Waals surface area (Å²) in [6.45, 7) is 2.19. The Morgan fingerprint density at radius 3 is 2.86 bits per heavy atom. The van der Waals surface area contributed by atoms with Gasteiger partial charge in [-0.05, 0) is 25.1 Å². The average molecular weight is 315 g/mol. The van der Waals surface area contributed by atoms with Crippen molar-refractivity contribution in [3.05, 3.63) is 53.7 Å². The number of hydrogen-bond acceptors (Lipinski definition) is 5. The van der Waals surface area contributed by atoms with Gasteiger partial charge in [0.05, 0.1) is 11.3 Å². The van der Waals surface area contributed by atoms with Crippen LogP contribution in [0.5, 0.6) is 0 Å². The Labute approximate surface area is 131 Å². The number of carbonyl (C=O) groups is 1. The van der Waals surface area contributed by atoms with E-state index in [1.807, 2.05) is 37.4 Å². The van der Waals surface area contributed by atoms with Crippen molar-refractivity contribution < 1.29 is 9.53 Å². The molecule has 0 amide bonds. The van der Waals surface area contributed by atoms with Crippen molar-refractivity contribution in [2.75, 3.05) is 6.61 Å². The highest BCUT2D eigenvalue weighted by atomic mass is 32.2. The minimum absolute atomic E-state index is 0.269. The maximum atomic E-state index is 11.8. The van der Waals surface area contributed by atoms with E-state index in [-0.39, 0.29) is 5.97 Å². The van der Waals surface area contributed by atoms with Gasteiger partial charge in [-0.25, -0.2) is 4.79 Å². The number of carbonyl (C=O) groups excluding carboxylic acids is 1. The number of aromatic nitrogens is 1. The second-order valence-electron chi connectivity index (χ2n) is 4.30. The first-order valence-electron chi connectivity index (χ1n) is 6.55. The minimum atomic E-state index is -0.269. The summed E-state index contributed by atoms with van der Waals surface area (Å²) < 4.78 is 6.06. The molecule has 2 heterocycles. The van der Waals surface area contributed by atoms with Gasteiger partial charge in [0.15, 0.2) is 0 Å². The van der Waals surface area contributed by atoms with E-state index >= 15 is 0 Å². The summed E-state index contributed by atoms with van der Waals surface area (Å²) in [6.07, 6.45) is 3.62. The highest BCUT2D eigenvalue weighted by Gasteiger charge is 2.14. The predicted octanol–water partition coefficient (Wildman–Crippen LogP) is 4.62. The summed E-state index contributed by atoms with van der Waals surface area (Å²) in [7, 11) is 0. The number of pyridine rings is 1. The molecule has 2 aromatic heterocycles. The van der Waals surface area contributed by atoms with Crippen molar-refractivity contribution in [3.63, 3.8) is 0 Å². The number of thiophene rings is 1. The molecular formula is C16H13NO2S2. The summed E-state index contributed by atoms with van der Waals surface area (Å²) in [5.74, 6) is -0.269. The van der Waals surface area contributed by atoms with Crippen molar-refractivity contribution in [2.45, 2.75) is 16.7 Å². The van der Waals surface area contributed by atoms with Crippen LogP contribution in [0.4, 0.5) is 0 Å². The summed E-state index contributed by atoms with van der Waals surface area (Å²) >= 11 is 3.07. The molecule has 3 aromatic rings. The van der Waals surface area contributed by atoms with Crippen LogP contribution >= 0.6 is 23.1 Å². The lowest BCUT2D eigenvalue weighted by Crippen LogP contribution is -2.01. The van der Waals surface area contributed by atoms with Crippen molar-refractivity contribution >= 4 is 39.2 Å². The third-order valence-electron chi connectivity index (χ3n) is 2.86. The van der Waals surface area contributed by atoms with Gasteiger partial charge < -0.3 is 4.74 Å². The van der Waals surface area contributed by atoms with Gasteiger partial charge in [0.25, 0.3) is 0 Å². The fourth-order valence-corrected chi connectivity index (χ4v) is 3.89. The second-order valence-corrected chi connectivity index (χ2v) is 6.49. The van der Waals surface area contributed by atoms with Crippen LogP contribution in [-0.4, -0.2) is 17.6 Å². The monoisotopic (exact) mass is 315 g/mol. The van der Waals surface area contributed by atoms with Crippen LogP contribution in [0.15, 0.2) is 58.6 Å². The van der Waals surface area contributed by atoms with Crippen molar-refractivity contribution in [3.8, 4) is 0 Å². The maximum Gasteiger partial charge on any atom is 0.348 e. The van der Waals surface area contributed by atoms with Crippen LogP contribution in [0, 0.1) is 0 Å². The van der Waals surface area contributed by atoms with Gasteiger partial charge in [-0.15, -0.1) is 11.3 Å². The SMILES string of the molecule is CCOC(=O)c1cc2c(Sc3ccccc3)cncc2s1. The van der Waals surface area contributed by atoms with E-state index in [0.717, 1.165) is 19.9 Å². The molecule has 0 aliphatic rings. The standard InChI is InChI=1S/C16H13NO2S2/c1-2-19-16(18)13-8-12-14(9-17-10-15(12)21-13)20-11-6-4-3-5-7-11/h3-10H,2H2,1H3. The summed E-state index contributed by atoms with van der Waals surface area (Å²) in [6, 6.07) is 12.0. The Morgan fingerprint density at radius 1 is 1.29 bits per heavy atom. The Morgan fingerprint density at radius 2 is 2.10 bits per heavy atom. The van der Waals surface area contributed by atoms with Crippen molar-refractivity contribution in [2.24, 2.45) is 0 Å². The molecule has 0 atom stereocenters. The van der Waals surface area contributed by atoms with Gasteiger partial charge in [-0.3, -0.25) is 4.98 Å². The van der Waals surface area contributed by atoms with Gasteiger partial charge in [-0.2, -0.15) is 0 Å². The quantitative estimate of drug-likeness (QED) is 0.658. The number of benzene rings is 1. The Balaban J connectivity index is 1.98. The molecule has 0 fully saturated rings. The number of nitrogens with zero attached hydrogens (tertiary/aromatic N) is 1. The molecule has 0 aliphatic heterocycles. The third-order valence-corrected chi connectivity index (χ3v) is 4.96. The van der Waals surface area contributed by atoms with Crippen molar-refractivity contribution in [1.29, 1.82) is 0 Å². The molecule has 1 aromatic carbocycles. The molecular weight excluding hydrogens is 302 g/mol. The van der Waals surface area contributed by atoms with Gasteiger partial charge >= 0.3 is 5.97 Å². The average Bonchev–Trinajstić information content (AvgIpc) is 2.94. The van der Waals surface area contributed by atoms with Gasteiger partial charge in [-0.1, -0.05) is 30.0 Å². The number of esters is 1. The smallest absolute Gasteiger partial charge is 0.348 e. The first-order valence-corrected chi connectivity index (χ1v) is 8.19. The zero-order chi connectivity index (χ0) is 14.7. The molecule has 0 N–H and O–H groups in total. The summed E-state index contributed by atoms with van der Waals surface area (Å²) in [5, 5.41) is 1.05. The largest absolute Gasteiger partial charge is 0.462 e. The molecule has 3 nitrogen and oxygen atoms in total. The normalized spacial score (nSPS) is 10.7. The van der Waals surface area contributed by atoms with E-state index < -0.39 is 0 Å². The molecule has 106 valence electrons. The van der Waals surface area contributed by atoms with Crippen LogP contribution in [0.1, 0.15) is 16.6 Å². The van der Waals surface area contributed by atoms with Crippen LogP contribution in [-0.2, 0) is 4.74 Å². The Kier molecular flexibility index (Phi) is 4.22. The lowest BCUT2D eigenvalue weighted by atomic mass is 10.3. The van der Waals surface area contributed by atoms with Gasteiger partial charge in [0.2, 0.25) is 0 Å². The molecule has 0 spiro atoms. The summed E-state index contributed by atoms with van der Waals surface area (Å²) in [5.41, 5.74) is 0. The predicted molar refractivity (Wildman–Crippen MR) is 86.1 cm³/mol. The van der Waals surface area contributed by atoms with Crippen LogP contribution in [0.2, 0.25) is 0 Å². The highest BCUT2D eigenvalue weighted by molar-refractivity contribution is 7.99. The van der Waals surface area contributed by atoms with Crippen LogP contribution in [0.25, 0.3) is 10.1 Å². The fraction of sp³-hybridized carbons (Fsp3) is 0.125. The molecule has 0 aliphatic carbocycles. The van der Waals surface area contributed by atoms with Gasteiger partial charge in [0, 0.05) is 27.6 Å². The molecule has 0 bridgehead atoms. The molecule has 5 heteroatoms. The molecule has 0 radical (unpaired) electrons.